The molecular formula is C25H23NO5S. The monoisotopic (exact) mass is 449 g/mol. The van der Waals surface area contributed by atoms with E-state index in [1.54, 1.807) is 12.1 Å². The van der Waals surface area contributed by atoms with Crippen molar-refractivity contribution in [2.45, 2.75) is 17.7 Å². The molecule has 0 unspecified atom stereocenters. The van der Waals surface area contributed by atoms with Crippen LogP contribution < -0.4 is 0 Å². The van der Waals surface area contributed by atoms with Gasteiger partial charge in [-0.1, -0.05) is 54.6 Å². The van der Waals surface area contributed by atoms with Crippen molar-refractivity contribution in [3.8, 4) is 11.1 Å². The van der Waals surface area contributed by atoms with Gasteiger partial charge in [-0.15, -0.1) is 0 Å². The molecular weight excluding hydrogens is 426 g/mol. The van der Waals surface area contributed by atoms with Crippen molar-refractivity contribution < 1.29 is 22.7 Å². The number of hydrogen-bond donors (Lipinski definition) is 0. The largest absolute Gasteiger partial charge is 0.454 e. The van der Waals surface area contributed by atoms with Crippen LogP contribution in [0.15, 0.2) is 83.8 Å². The lowest BCUT2D eigenvalue weighted by atomic mass is 10.0. The lowest BCUT2D eigenvalue weighted by Gasteiger charge is -2.15. The predicted octanol–water partition coefficient (Wildman–Crippen LogP) is 4.18. The molecule has 7 heteroatoms. The molecule has 3 aromatic carbocycles. The highest BCUT2D eigenvalue weighted by Gasteiger charge is 2.27. The smallest absolute Gasteiger partial charge is 0.338 e. The van der Waals surface area contributed by atoms with E-state index in [1.165, 1.54) is 28.6 Å². The van der Waals surface area contributed by atoms with Gasteiger partial charge >= 0.3 is 5.97 Å². The molecule has 0 radical (unpaired) electrons. The van der Waals surface area contributed by atoms with Gasteiger partial charge in [0.1, 0.15) is 0 Å². The van der Waals surface area contributed by atoms with Gasteiger partial charge in [0.25, 0.3) is 0 Å². The summed E-state index contributed by atoms with van der Waals surface area (Å²) in [6.07, 6.45) is 1.71. The van der Waals surface area contributed by atoms with Crippen LogP contribution in [-0.4, -0.2) is 44.2 Å². The minimum Gasteiger partial charge on any atom is -0.454 e. The van der Waals surface area contributed by atoms with Crippen molar-refractivity contribution in [3.05, 3.63) is 90.0 Å². The van der Waals surface area contributed by atoms with Crippen molar-refractivity contribution in [1.82, 2.24) is 4.31 Å². The quantitative estimate of drug-likeness (QED) is 0.399. The number of rotatable bonds is 7. The number of ketones is 1. The summed E-state index contributed by atoms with van der Waals surface area (Å²) in [5, 5.41) is 0. The molecule has 1 heterocycles. The standard InChI is InChI=1S/C25H23NO5S/c27-24(21-10-8-20(9-11-21)19-6-2-1-3-7-19)18-31-25(28)22-12-14-23(15-13-22)32(29,30)26-16-4-5-17-26/h1-3,6-15H,4-5,16-18H2. The van der Waals surface area contributed by atoms with E-state index in [0.717, 1.165) is 24.0 Å². The molecule has 164 valence electrons. The minimum absolute atomic E-state index is 0.144. The summed E-state index contributed by atoms with van der Waals surface area (Å²) in [5.41, 5.74) is 2.68. The predicted molar refractivity (Wildman–Crippen MR) is 121 cm³/mol. The number of ether oxygens (including phenoxy) is 1. The molecule has 1 fully saturated rings. The van der Waals surface area contributed by atoms with Crippen LogP contribution in [0, 0.1) is 0 Å². The summed E-state index contributed by atoms with van der Waals surface area (Å²) >= 11 is 0. The average Bonchev–Trinajstić information content (AvgIpc) is 3.39. The van der Waals surface area contributed by atoms with E-state index < -0.39 is 22.6 Å². The van der Waals surface area contributed by atoms with E-state index in [-0.39, 0.29) is 16.2 Å². The molecule has 1 aliphatic rings. The molecule has 0 saturated carbocycles. The van der Waals surface area contributed by atoms with Gasteiger partial charge in [-0.3, -0.25) is 4.79 Å². The van der Waals surface area contributed by atoms with Crippen LogP contribution in [0.4, 0.5) is 0 Å². The zero-order chi connectivity index (χ0) is 22.6. The molecule has 1 aliphatic heterocycles. The van der Waals surface area contributed by atoms with Gasteiger partial charge in [-0.25, -0.2) is 13.2 Å². The topological polar surface area (TPSA) is 80.8 Å². The molecule has 0 atom stereocenters. The average molecular weight is 450 g/mol. The minimum atomic E-state index is -3.54. The van der Waals surface area contributed by atoms with Crippen LogP contribution in [0.3, 0.4) is 0 Å². The Morgan fingerprint density at radius 3 is 1.94 bits per heavy atom. The van der Waals surface area contributed by atoms with Gasteiger partial charge in [-0.05, 0) is 48.2 Å². The van der Waals surface area contributed by atoms with Crippen LogP contribution in [0.2, 0.25) is 0 Å². The van der Waals surface area contributed by atoms with Crippen LogP contribution in [-0.2, 0) is 14.8 Å². The van der Waals surface area contributed by atoms with Gasteiger partial charge in [0.05, 0.1) is 10.5 Å². The van der Waals surface area contributed by atoms with Gasteiger partial charge < -0.3 is 4.74 Å². The van der Waals surface area contributed by atoms with Gasteiger partial charge in [-0.2, -0.15) is 4.31 Å². The van der Waals surface area contributed by atoms with Gasteiger partial charge in [0.15, 0.2) is 12.4 Å². The van der Waals surface area contributed by atoms with Crippen LogP contribution >= 0.6 is 0 Å². The third kappa shape index (κ3) is 4.79. The fourth-order valence-electron chi connectivity index (χ4n) is 3.62. The first kappa shape index (κ1) is 21.9. The van der Waals surface area contributed by atoms with E-state index in [4.69, 9.17) is 4.74 Å². The SMILES string of the molecule is O=C(COC(=O)c1ccc(S(=O)(=O)N2CCCC2)cc1)c1ccc(-c2ccccc2)cc1. The second kappa shape index (κ2) is 9.46. The Labute approximate surface area is 187 Å². The van der Waals surface area contributed by atoms with E-state index in [1.807, 2.05) is 42.5 Å². The Kier molecular flexibility index (Phi) is 6.48. The van der Waals surface area contributed by atoms with Crippen LogP contribution in [0.5, 0.6) is 0 Å². The summed E-state index contributed by atoms with van der Waals surface area (Å²) in [6.45, 7) is 0.637. The highest BCUT2D eigenvalue weighted by Crippen LogP contribution is 2.22. The Bertz CT molecular complexity index is 1200. The molecule has 1 saturated heterocycles. The number of carbonyl (C=O) groups is 2. The van der Waals surface area contributed by atoms with E-state index in [0.29, 0.717) is 18.7 Å². The molecule has 3 aromatic rings. The van der Waals surface area contributed by atoms with E-state index in [9.17, 15) is 18.0 Å². The number of sulfonamides is 1. The van der Waals surface area contributed by atoms with Crippen molar-refractivity contribution >= 4 is 21.8 Å². The Morgan fingerprint density at radius 2 is 1.31 bits per heavy atom. The maximum atomic E-state index is 12.6. The lowest BCUT2D eigenvalue weighted by molar-refractivity contribution is 0.0474. The van der Waals surface area contributed by atoms with Crippen molar-refractivity contribution in [2.24, 2.45) is 0 Å². The van der Waals surface area contributed by atoms with Crippen LogP contribution in [0.1, 0.15) is 33.6 Å². The highest BCUT2D eigenvalue weighted by molar-refractivity contribution is 7.89. The van der Waals surface area contributed by atoms with E-state index >= 15 is 0 Å². The second-order valence-corrected chi connectivity index (χ2v) is 9.52. The number of benzene rings is 3. The normalized spacial score (nSPS) is 14.2. The van der Waals surface area contributed by atoms with Gasteiger partial charge in [0.2, 0.25) is 10.0 Å². The van der Waals surface area contributed by atoms with Gasteiger partial charge in [0, 0.05) is 18.7 Å². The first-order chi connectivity index (χ1) is 15.4. The number of hydrogen-bond acceptors (Lipinski definition) is 5. The molecule has 0 aliphatic carbocycles. The molecule has 0 aromatic heterocycles. The van der Waals surface area contributed by atoms with Crippen molar-refractivity contribution in [3.63, 3.8) is 0 Å². The number of carbonyl (C=O) groups excluding carboxylic acids is 2. The van der Waals surface area contributed by atoms with Crippen molar-refractivity contribution in [1.29, 1.82) is 0 Å². The molecule has 6 nitrogen and oxygen atoms in total. The molecule has 0 spiro atoms. The Balaban J connectivity index is 1.35. The Morgan fingerprint density at radius 1 is 0.750 bits per heavy atom. The molecule has 32 heavy (non-hydrogen) atoms. The number of esters is 1. The summed E-state index contributed by atoms with van der Waals surface area (Å²) in [4.78, 5) is 24.8. The number of nitrogens with zero attached hydrogens (tertiary/aromatic N) is 1. The second-order valence-electron chi connectivity index (χ2n) is 7.58. The fraction of sp³-hybridized carbons (Fsp3) is 0.200. The molecule has 4 rings (SSSR count). The maximum absolute atomic E-state index is 12.6. The van der Waals surface area contributed by atoms with Crippen molar-refractivity contribution in [2.75, 3.05) is 19.7 Å². The maximum Gasteiger partial charge on any atom is 0.338 e. The lowest BCUT2D eigenvalue weighted by Crippen LogP contribution is -2.27. The van der Waals surface area contributed by atoms with Crippen LogP contribution in [0.25, 0.3) is 11.1 Å². The highest BCUT2D eigenvalue weighted by atomic mass is 32.2. The summed E-state index contributed by atoms with van der Waals surface area (Å²) in [5.74, 6) is -0.990. The zero-order valence-electron chi connectivity index (χ0n) is 17.4. The summed E-state index contributed by atoms with van der Waals surface area (Å²) in [7, 11) is -3.54. The third-order valence-corrected chi connectivity index (χ3v) is 7.35. The third-order valence-electron chi connectivity index (χ3n) is 5.44. The summed E-state index contributed by atoms with van der Waals surface area (Å²) in [6, 6.07) is 22.5. The molecule has 0 bridgehead atoms. The number of Topliss-reactive ketones (excluding diaryl/α,β-unsaturated/α-hetero) is 1. The first-order valence-electron chi connectivity index (χ1n) is 10.4. The molecule has 0 amide bonds. The zero-order valence-corrected chi connectivity index (χ0v) is 18.3. The Hall–Kier alpha value is -3.29. The summed E-state index contributed by atoms with van der Waals surface area (Å²) < 4.78 is 31.7. The first-order valence-corrected chi connectivity index (χ1v) is 11.9. The fourth-order valence-corrected chi connectivity index (χ4v) is 5.13. The van der Waals surface area contributed by atoms with E-state index in [2.05, 4.69) is 0 Å². The molecule has 0 N–H and O–H groups in total.